The van der Waals surface area contributed by atoms with Crippen LogP contribution >= 0.6 is 11.8 Å². The van der Waals surface area contributed by atoms with Crippen molar-refractivity contribution in [3.8, 4) is 5.75 Å². The Kier molecular flexibility index (Phi) is 6.58. The number of carbonyl (C=O) groups is 4. The maximum absolute atomic E-state index is 12.2. The van der Waals surface area contributed by atoms with E-state index in [2.05, 4.69) is 16.0 Å². The van der Waals surface area contributed by atoms with Gasteiger partial charge in [0.05, 0.1) is 23.6 Å². The zero-order valence-corrected chi connectivity index (χ0v) is 17.0. The fraction of sp³-hybridized carbons (Fsp3) is 0.200. The zero-order chi connectivity index (χ0) is 21.7. The molecule has 30 heavy (non-hydrogen) atoms. The van der Waals surface area contributed by atoms with Gasteiger partial charge in [0.2, 0.25) is 5.91 Å². The Bertz CT molecular complexity index is 993. The van der Waals surface area contributed by atoms with Crippen LogP contribution in [0, 0.1) is 0 Å². The molecule has 1 atom stereocenters. The third-order valence-electron chi connectivity index (χ3n) is 4.08. The van der Waals surface area contributed by atoms with Gasteiger partial charge in [-0.25, -0.2) is 9.59 Å². The number of rotatable bonds is 5. The number of ether oxygens (including phenoxy) is 2. The van der Waals surface area contributed by atoms with Gasteiger partial charge in [-0.1, -0.05) is 0 Å². The Morgan fingerprint density at radius 2 is 1.87 bits per heavy atom. The lowest BCUT2D eigenvalue weighted by Crippen LogP contribution is -2.37. The molecule has 1 unspecified atom stereocenters. The van der Waals surface area contributed by atoms with Gasteiger partial charge in [-0.15, -0.1) is 11.8 Å². The highest BCUT2D eigenvalue weighted by Gasteiger charge is 2.24. The second-order valence-corrected chi connectivity index (χ2v) is 7.65. The van der Waals surface area contributed by atoms with E-state index >= 15 is 0 Å². The second kappa shape index (κ2) is 9.31. The predicted molar refractivity (Wildman–Crippen MR) is 111 cm³/mol. The topological polar surface area (TPSA) is 123 Å². The first-order chi connectivity index (χ1) is 14.4. The molecule has 1 aliphatic heterocycles. The van der Waals surface area contributed by atoms with E-state index in [9.17, 15) is 19.2 Å². The average molecular weight is 429 g/mol. The minimum absolute atomic E-state index is 0.153. The number of amides is 4. The van der Waals surface area contributed by atoms with Crippen molar-refractivity contribution in [2.24, 2.45) is 0 Å². The van der Waals surface area contributed by atoms with E-state index in [-0.39, 0.29) is 16.7 Å². The molecular formula is C20H19N3O6S. The van der Waals surface area contributed by atoms with Crippen LogP contribution in [0.15, 0.2) is 47.4 Å². The molecule has 0 saturated carbocycles. The molecule has 3 rings (SSSR count). The number of benzene rings is 2. The molecule has 2 aromatic rings. The van der Waals surface area contributed by atoms with E-state index in [0.29, 0.717) is 17.1 Å². The number of hydrogen-bond donors (Lipinski definition) is 3. The third-order valence-corrected chi connectivity index (χ3v) is 5.26. The molecular weight excluding hydrogens is 410 g/mol. The number of esters is 1. The Morgan fingerprint density at radius 3 is 2.57 bits per heavy atom. The maximum Gasteiger partial charge on any atom is 0.338 e. The number of methoxy groups -OCH3 is 1. The summed E-state index contributed by atoms with van der Waals surface area (Å²) in [5.41, 5.74) is 1.15. The Morgan fingerprint density at radius 1 is 1.13 bits per heavy atom. The quantitative estimate of drug-likeness (QED) is 0.625. The van der Waals surface area contributed by atoms with Crippen molar-refractivity contribution in [3.05, 3.63) is 48.0 Å². The number of hydrogen-bond acceptors (Lipinski definition) is 7. The third kappa shape index (κ3) is 5.29. The standard InChI is InChI=1S/C20H19N3O6S/c1-11-18(25)22-15-9-12(3-8-16(15)30-11)19(26)29-10-17(24)23-20(27)21-13-4-6-14(28-2)7-5-13/h3-9,11H,10H2,1-2H3,(H,22,25)(H2,21,23,24,27). The summed E-state index contributed by atoms with van der Waals surface area (Å²) in [6.07, 6.45) is 0. The van der Waals surface area contributed by atoms with E-state index in [1.54, 1.807) is 43.3 Å². The summed E-state index contributed by atoms with van der Waals surface area (Å²) in [7, 11) is 1.52. The van der Waals surface area contributed by atoms with Crippen LogP contribution in [-0.2, 0) is 14.3 Å². The monoisotopic (exact) mass is 429 g/mol. The molecule has 0 bridgehead atoms. The van der Waals surface area contributed by atoms with Crippen LogP contribution in [0.25, 0.3) is 0 Å². The molecule has 0 aromatic heterocycles. The van der Waals surface area contributed by atoms with Gasteiger partial charge >= 0.3 is 12.0 Å². The van der Waals surface area contributed by atoms with Gasteiger partial charge in [-0.2, -0.15) is 0 Å². The zero-order valence-electron chi connectivity index (χ0n) is 16.2. The van der Waals surface area contributed by atoms with Crippen LogP contribution in [0.1, 0.15) is 17.3 Å². The number of thioether (sulfide) groups is 1. The first-order valence-electron chi connectivity index (χ1n) is 8.89. The van der Waals surface area contributed by atoms with Gasteiger partial charge in [-0.3, -0.25) is 14.9 Å². The second-order valence-electron chi connectivity index (χ2n) is 6.27. The van der Waals surface area contributed by atoms with Crippen molar-refractivity contribution < 1.29 is 28.7 Å². The number of fused-ring (bicyclic) bond motifs is 1. The Balaban J connectivity index is 1.49. The molecule has 156 valence electrons. The Labute approximate surface area is 176 Å². The van der Waals surface area contributed by atoms with E-state index < -0.39 is 24.5 Å². The first-order valence-corrected chi connectivity index (χ1v) is 9.77. The summed E-state index contributed by atoms with van der Waals surface area (Å²) in [5, 5.41) is 7.04. The highest BCUT2D eigenvalue weighted by Crippen LogP contribution is 2.36. The molecule has 4 amide bonds. The van der Waals surface area contributed by atoms with Crippen molar-refractivity contribution in [1.82, 2.24) is 5.32 Å². The minimum atomic E-state index is -0.787. The van der Waals surface area contributed by atoms with Crippen LogP contribution in [0.2, 0.25) is 0 Å². The van der Waals surface area contributed by atoms with Gasteiger partial charge in [0.1, 0.15) is 5.75 Å². The number of carbonyl (C=O) groups excluding carboxylic acids is 4. The van der Waals surface area contributed by atoms with E-state index in [4.69, 9.17) is 9.47 Å². The van der Waals surface area contributed by atoms with E-state index in [1.807, 2.05) is 0 Å². The molecule has 3 N–H and O–H groups in total. The molecule has 2 aromatic carbocycles. The minimum Gasteiger partial charge on any atom is -0.497 e. The van der Waals surface area contributed by atoms with Gasteiger partial charge in [0, 0.05) is 10.6 Å². The summed E-state index contributed by atoms with van der Waals surface area (Å²) in [4.78, 5) is 48.5. The highest BCUT2D eigenvalue weighted by molar-refractivity contribution is 8.00. The molecule has 9 nitrogen and oxygen atoms in total. The lowest BCUT2D eigenvalue weighted by molar-refractivity contribution is -0.123. The van der Waals surface area contributed by atoms with Crippen LogP contribution in [0.3, 0.4) is 0 Å². The Hall–Kier alpha value is -3.53. The summed E-state index contributed by atoms with van der Waals surface area (Å²) in [6, 6.07) is 10.5. The van der Waals surface area contributed by atoms with Crippen LogP contribution in [0.4, 0.5) is 16.2 Å². The van der Waals surface area contributed by atoms with Gasteiger partial charge in [-0.05, 0) is 49.4 Å². The lowest BCUT2D eigenvalue weighted by atomic mass is 10.2. The summed E-state index contributed by atoms with van der Waals surface area (Å²) in [6.45, 7) is 1.15. The van der Waals surface area contributed by atoms with Crippen molar-refractivity contribution in [2.75, 3.05) is 24.4 Å². The van der Waals surface area contributed by atoms with Crippen LogP contribution < -0.4 is 20.7 Å². The SMILES string of the molecule is COc1ccc(NC(=O)NC(=O)COC(=O)c2ccc3c(c2)NC(=O)C(C)S3)cc1. The smallest absolute Gasteiger partial charge is 0.338 e. The molecule has 0 radical (unpaired) electrons. The molecule has 0 spiro atoms. The normalized spacial score (nSPS) is 14.7. The average Bonchev–Trinajstić information content (AvgIpc) is 2.73. The molecule has 0 fully saturated rings. The van der Waals surface area contributed by atoms with Gasteiger partial charge in [0.15, 0.2) is 6.61 Å². The molecule has 0 saturated heterocycles. The van der Waals surface area contributed by atoms with Crippen molar-refractivity contribution >= 4 is 47.0 Å². The number of anilines is 2. The predicted octanol–water partition coefficient (Wildman–Crippen LogP) is 2.63. The lowest BCUT2D eigenvalue weighted by Gasteiger charge is -2.21. The van der Waals surface area contributed by atoms with Crippen molar-refractivity contribution in [3.63, 3.8) is 0 Å². The molecule has 1 aliphatic rings. The maximum atomic E-state index is 12.2. The van der Waals surface area contributed by atoms with Crippen molar-refractivity contribution in [1.29, 1.82) is 0 Å². The van der Waals surface area contributed by atoms with Gasteiger partial charge in [0.25, 0.3) is 5.91 Å². The fourth-order valence-electron chi connectivity index (χ4n) is 2.55. The van der Waals surface area contributed by atoms with Crippen LogP contribution in [-0.4, -0.2) is 42.8 Å². The molecule has 1 heterocycles. The largest absolute Gasteiger partial charge is 0.497 e. The summed E-state index contributed by atoms with van der Waals surface area (Å²) < 4.78 is 9.96. The van der Waals surface area contributed by atoms with Crippen LogP contribution in [0.5, 0.6) is 5.75 Å². The van der Waals surface area contributed by atoms with E-state index in [0.717, 1.165) is 4.90 Å². The van der Waals surface area contributed by atoms with Gasteiger partial charge < -0.3 is 20.1 Å². The molecule has 0 aliphatic carbocycles. The number of urea groups is 1. The van der Waals surface area contributed by atoms with E-state index in [1.165, 1.54) is 24.9 Å². The van der Waals surface area contributed by atoms with Crippen molar-refractivity contribution in [2.45, 2.75) is 17.1 Å². The summed E-state index contributed by atoms with van der Waals surface area (Å²) in [5.74, 6) is -1.06. The first kappa shape index (κ1) is 21.2. The number of nitrogens with one attached hydrogen (secondary N) is 3. The summed E-state index contributed by atoms with van der Waals surface area (Å²) >= 11 is 1.39. The fourth-order valence-corrected chi connectivity index (χ4v) is 3.48. The highest BCUT2D eigenvalue weighted by atomic mass is 32.2. The molecule has 10 heteroatoms. The number of imide groups is 1.